The topological polar surface area (TPSA) is 55.1 Å². The maximum absolute atomic E-state index is 10.8. The van der Waals surface area contributed by atoms with Crippen LogP contribution >= 0.6 is 11.8 Å². The predicted molar refractivity (Wildman–Crippen MR) is 65.5 cm³/mol. The van der Waals surface area contributed by atoms with Gasteiger partial charge in [0.1, 0.15) is 0 Å². The molecule has 0 aliphatic carbocycles. The maximum Gasteiger partial charge on any atom is 0.335 e. The molecule has 0 aliphatic heterocycles. The zero-order valence-corrected chi connectivity index (χ0v) is 10.4. The van der Waals surface area contributed by atoms with Gasteiger partial charge in [0.15, 0.2) is 0 Å². The second-order valence-electron chi connectivity index (χ2n) is 3.68. The molecule has 2 aromatic rings. The van der Waals surface area contributed by atoms with E-state index in [1.165, 1.54) is 11.8 Å². The Morgan fingerprint density at radius 1 is 1.41 bits per heavy atom. The lowest BCUT2D eigenvalue weighted by molar-refractivity contribution is 0.0696. The summed E-state index contributed by atoms with van der Waals surface area (Å²) in [6.07, 6.45) is 0. The summed E-state index contributed by atoms with van der Waals surface area (Å²) in [4.78, 5) is 11.7. The summed E-state index contributed by atoms with van der Waals surface area (Å²) in [6, 6.07) is 8.85. The Labute approximate surface area is 103 Å². The first-order chi connectivity index (χ1) is 8.06. The lowest BCUT2D eigenvalue weighted by Gasteiger charge is -2.02. The molecular weight excluding hydrogens is 236 g/mol. The van der Waals surface area contributed by atoms with Crippen LogP contribution in [0.2, 0.25) is 0 Å². The molecular formula is C12H12N2O2S. The van der Waals surface area contributed by atoms with E-state index < -0.39 is 5.97 Å². The van der Waals surface area contributed by atoms with Gasteiger partial charge in [-0.25, -0.2) is 4.79 Å². The smallest absolute Gasteiger partial charge is 0.335 e. The van der Waals surface area contributed by atoms with Crippen LogP contribution in [0.15, 0.2) is 40.3 Å². The number of carbonyl (C=O) groups is 1. The van der Waals surface area contributed by atoms with E-state index in [0.29, 0.717) is 5.56 Å². The van der Waals surface area contributed by atoms with E-state index >= 15 is 0 Å². The van der Waals surface area contributed by atoms with Crippen molar-refractivity contribution >= 4 is 17.7 Å². The molecule has 1 N–H and O–H groups in total. The molecule has 1 heterocycles. The number of nitrogens with zero attached hydrogens (tertiary/aromatic N) is 2. The molecule has 1 aromatic heterocycles. The lowest BCUT2D eigenvalue weighted by atomic mass is 10.2. The van der Waals surface area contributed by atoms with Crippen molar-refractivity contribution in [3.05, 3.63) is 41.6 Å². The van der Waals surface area contributed by atoms with E-state index in [1.807, 2.05) is 26.1 Å². The Balaban J connectivity index is 2.27. The van der Waals surface area contributed by atoms with Gasteiger partial charge in [0.25, 0.3) is 0 Å². The molecule has 0 aliphatic rings. The minimum atomic E-state index is -0.909. The van der Waals surface area contributed by atoms with Crippen molar-refractivity contribution in [1.29, 1.82) is 0 Å². The fourth-order valence-electron chi connectivity index (χ4n) is 1.50. The zero-order chi connectivity index (χ0) is 12.4. The van der Waals surface area contributed by atoms with E-state index in [2.05, 4.69) is 5.10 Å². The molecule has 0 amide bonds. The van der Waals surface area contributed by atoms with Gasteiger partial charge in [-0.2, -0.15) is 5.10 Å². The summed E-state index contributed by atoms with van der Waals surface area (Å²) in [6.45, 7) is 1.93. The van der Waals surface area contributed by atoms with Crippen LogP contribution in [0.1, 0.15) is 16.1 Å². The predicted octanol–water partition coefficient (Wildman–Crippen LogP) is 2.58. The first kappa shape index (κ1) is 11.7. The SMILES string of the molecule is Cc1cc(Sc2cccc(C(=O)O)c2)n(C)n1. The molecule has 0 atom stereocenters. The lowest BCUT2D eigenvalue weighted by Crippen LogP contribution is -1.96. The third-order valence-electron chi connectivity index (χ3n) is 2.26. The second-order valence-corrected chi connectivity index (χ2v) is 4.78. The molecule has 0 unspecified atom stereocenters. The number of aryl methyl sites for hydroxylation is 2. The van der Waals surface area contributed by atoms with Crippen LogP contribution in [0.5, 0.6) is 0 Å². The Morgan fingerprint density at radius 3 is 2.76 bits per heavy atom. The highest BCUT2D eigenvalue weighted by molar-refractivity contribution is 7.99. The fraction of sp³-hybridized carbons (Fsp3) is 0.167. The van der Waals surface area contributed by atoms with Gasteiger partial charge in [-0.3, -0.25) is 4.68 Å². The number of benzene rings is 1. The molecule has 0 radical (unpaired) electrons. The summed E-state index contributed by atoms with van der Waals surface area (Å²) in [5, 5.41) is 14.1. The molecule has 88 valence electrons. The molecule has 0 spiro atoms. The van der Waals surface area contributed by atoms with Crippen LogP contribution in [0, 0.1) is 6.92 Å². The van der Waals surface area contributed by atoms with E-state index in [0.717, 1.165) is 15.6 Å². The van der Waals surface area contributed by atoms with Gasteiger partial charge in [-0.05, 0) is 31.2 Å². The molecule has 4 nitrogen and oxygen atoms in total. The number of aromatic carboxylic acids is 1. The minimum Gasteiger partial charge on any atom is -0.478 e. The largest absolute Gasteiger partial charge is 0.478 e. The molecule has 5 heteroatoms. The summed E-state index contributed by atoms with van der Waals surface area (Å²) >= 11 is 1.50. The van der Waals surface area contributed by atoms with Crippen molar-refractivity contribution < 1.29 is 9.90 Å². The molecule has 0 saturated heterocycles. The molecule has 0 saturated carbocycles. The first-order valence-electron chi connectivity index (χ1n) is 5.08. The van der Waals surface area contributed by atoms with Gasteiger partial charge in [0.2, 0.25) is 0 Å². The highest BCUT2D eigenvalue weighted by atomic mass is 32.2. The number of aromatic nitrogens is 2. The maximum atomic E-state index is 10.8. The Morgan fingerprint density at radius 2 is 2.18 bits per heavy atom. The van der Waals surface area contributed by atoms with Gasteiger partial charge in [0, 0.05) is 11.9 Å². The summed E-state index contributed by atoms with van der Waals surface area (Å²) < 4.78 is 1.79. The molecule has 0 fully saturated rings. The number of hydrogen-bond donors (Lipinski definition) is 1. The van der Waals surface area contributed by atoms with Crippen molar-refractivity contribution in [2.24, 2.45) is 7.05 Å². The van der Waals surface area contributed by atoms with Crippen LogP contribution in [0.25, 0.3) is 0 Å². The Bertz CT molecular complexity index is 563. The molecule has 2 rings (SSSR count). The number of rotatable bonds is 3. The standard InChI is InChI=1S/C12H12N2O2S/c1-8-6-11(14(2)13-8)17-10-5-3-4-9(7-10)12(15)16/h3-7H,1-2H3,(H,15,16). The molecule has 1 aromatic carbocycles. The van der Waals surface area contributed by atoms with E-state index in [4.69, 9.17) is 5.11 Å². The van der Waals surface area contributed by atoms with Crippen molar-refractivity contribution in [3.63, 3.8) is 0 Å². The third-order valence-corrected chi connectivity index (χ3v) is 3.34. The number of carboxylic acid groups (broad SMARTS) is 1. The quantitative estimate of drug-likeness (QED) is 0.907. The number of hydrogen-bond acceptors (Lipinski definition) is 3. The highest BCUT2D eigenvalue weighted by Gasteiger charge is 2.07. The van der Waals surface area contributed by atoms with E-state index in [1.54, 1.807) is 22.9 Å². The van der Waals surface area contributed by atoms with Crippen molar-refractivity contribution in [2.75, 3.05) is 0 Å². The average molecular weight is 248 g/mol. The summed E-state index contributed by atoms with van der Waals surface area (Å²) in [5.41, 5.74) is 1.25. The summed E-state index contributed by atoms with van der Waals surface area (Å²) in [5.74, 6) is -0.909. The van der Waals surface area contributed by atoms with Gasteiger partial charge in [-0.15, -0.1) is 0 Å². The van der Waals surface area contributed by atoms with Crippen LogP contribution in [0.4, 0.5) is 0 Å². The van der Waals surface area contributed by atoms with Crippen LogP contribution in [-0.4, -0.2) is 20.9 Å². The van der Waals surface area contributed by atoms with Crippen LogP contribution in [-0.2, 0) is 7.05 Å². The van der Waals surface area contributed by atoms with Crippen LogP contribution in [0.3, 0.4) is 0 Å². The average Bonchev–Trinajstić information content (AvgIpc) is 2.58. The first-order valence-corrected chi connectivity index (χ1v) is 5.90. The summed E-state index contributed by atoms with van der Waals surface area (Å²) in [7, 11) is 1.87. The zero-order valence-electron chi connectivity index (χ0n) is 9.54. The number of carboxylic acids is 1. The monoisotopic (exact) mass is 248 g/mol. The van der Waals surface area contributed by atoms with Gasteiger partial charge in [-0.1, -0.05) is 17.8 Å². The highest BCUT2D eigenvalue weighted by Crippen LogP contribution is 2.28. The normalized spacial score (nSPS) is 10.5. The second kappa shape index (κ2) is 4.63. The van der Waals surface area contributed by atoms with E-state index in [-0.39, 0.29) is 0 Å². The van der Waals surface area contributed by atoms with Gasteiger partial charge in [0.05, 0.1) is 16.3 Å². The Hall–Kier alpha value is -1.75. The van der Waals surface area contributed by atoms with Crippen LogP contribution < -0.4 is 0 Å². The van der Waals surface area contributed by atoms with Gasteiger partial charge >= 0.3 is 5.97 Å². The van der Waals surface area contributed by atoms with Crippen molar-refractivity contribution in [1.82, 2.24) is 9.78 Å². The molecule has 0 bridgehead atoms. The Kier molecular flexibility index (Phi) is 3.19. The fourth-order valence-corrected chi connectivity index (χ4v) is 2.47. The van der Waals surface area contributed by atoms with Crippen molar-refractivity contribution in [3.8, 4) is 0 Å². The van der Waals surface area contributed by atoms with Crippen molar-refractivity contribution in [2.45, 2.75) is 16.8 Å². The molecule has 17 heavy (non-hydrogen) atoms. The minimum absolute atomic E-state index is 0.300. The third kappa shape index (κ3) is 2.68. The van der Waals surface area contributed by atoms with Gasteiger partial charge < -0.3 is 5.11 Å². The van der Waals surface area contributed by atoms with E-state index in [9.17, 15) is 4.79 Å².